The fourth-order valence-electron chi connectivity index (χ4n) is 1.84. The highest BCUT2D eigenvalue weighted by Gasteiger charge is 2.54. The molecule has 1 heterocycles. The highest BCUT2D eigenvalue weighted by molar-refractivity contribution is 7.84. The Bertz CT molecular complexity index is 361. The number of hydrogen-bond acceptors (Lipinski definition) is 3. The first-order valence-corrected chi connectivity index (χ1v) is 8.46. The topological polar surface area (TPSA) is 47.6 Å². The van der Waals surface area contributed by atoms with Gasteiger partial charge in [-0.3, -0.25) is 0 Å². The smallest absolute Gasteiger partial charge is 0.402 e. The van der Waals surface area contributed by atoms with Crippen molar-refractivity contribution in [3.63, 3.8) is 0 Å². The molecule has 0 spiro atoms. The molecule has 4 nitrogen and oxygen atoms in total. The van der Waals surface area contributed by atoms with Crippen LogP contribution in [0, 0.1) is 5.92 Å². The summed E-state index contributed by atoms with van der Waals surface area (Å²) < 4.78 is 27.4. The average molecular weight is 303 g/mol. The molecule has 0 aromatic rings. The monoisotopic (exact) mass is 303 g/mol. The van der Waals surface area contributed by atoms with Gasteiger partial charge in [0.25, 0.3) is 0 Å². The predicted octanol–water partition coefficient (Wildman–Crippen LogP) is 2.69. The van der Waals surface area contributed by atoms with E-state index in [4.69, 9.17) is 9.31 Å². The van der Waals surface area contributed by atoms with E-state index < -0.39 is 11.0 Å². The molecule has 0 saturated carbocycles. The summed E-state index contributed by atoms with van der Waals surface area (Å²) >= 11 is 0. The van der Waals surface area contributed by atoms with Gasteiger partial charge in [-0.2, -0.15) is 0 Å². The molecule has 1 aliphatic heterocycles. The van der Waals surface area contributed by atoms with Crippen LogP contribution in [0.1, 0.15) is 62.3 Å². The van der Waals surface area contributed by atoms with Gasteiger partial charge in [-0.05, 0) is 54.4 Å². The van der Waals surface area contributed by atoms with Crippen molar-refractivity contribution in [1.82, 2.24) is 4.72 Å². The lowest BCUT2D eigenvalue weighted by atomic mass is 9.73. The fraction of sp³-hybridized carbons (Fsp3) is 1.00. The summed E-state index contributed by atoms with van der Waals surface area (Å²) in [5.74, 6) is 0.159. The second-order valence-electron chi connectivity index (χ2n) is 7.89. The van der Waals surface area contributed by atoms with Crippen LogP contribution in [-0.4, -0.2) is 33.2 Å². The molecule has 6 heteroatoms. The highest BCUT2D eigenvalue weighted by atomic mass is 32.2. The Morgan fingerprint density at radius 1 is 1.05 bits per heavy atom. The van der Waals surface area contributed by atoms with Crippen molar-refractivity contribution in [2.75, 3.05) is 0 Å². The molecule has 0 aliphatic carbocycles. The number of rotatable bonds is 4. The SMILES string of the molecule is CC(C)[C@@H](N[S@@](=O)C(C)(C)C)B1OC(C)(C)C(C)(C)O1. The van der Waals surface area contributed by atoms with E-state index in [1.54, 1.807) is 0 Å². The van der Waals surface area contributed by atoms with E-state index in [1.165, 1.54) is 0 Å². The Kier molecular flexibility index (Phi) is 5.18. The predicted molar refractivity (Wildman–Crippen MR) is 85.7 cm³/mol. The Labute approximate surface area is 127 Å². The van der Waals surface area contributed by atoms with E-state index in [0.717, 1.165) is 0 Å². The van der Waals surface area contributed by atoms with E-state index >= 15 is 0 Å². The minimum Gasteiger partial charge on any atom is -0.402 e. The molecule has 0 bridgehead atoms. The van der Waals surface area contributed by atoms with Crippen molar-refractivity contribution >= 4 is 18.1 Å². The van der Waals surface area contributed by atoms with Gasteiger partial charge in [0, 0.05) is 0 Å². The normalized spacial score (nSPS) is 25.0. The van der Waals surface area contributed by atoms with E-state index in [2.05, 4.69) is 18.6 Å². The molecular formula is C14H30BNO3S. The lowest BCUT2D eigenvalue weighted by molar-refractivity contribution is 0.00578. The molecule has 0 radical (unpaired) electrons. The molecule has 0 aromatic carbocycles. The van der Waals surface area contributed by atoms with Crippen LogP contribution in [0.2, 0.25) is 0 Å². The van der Waals surface area contributed by atoms with Crippen molar-refractivity contribution in [3.8, 4) is 0 Å². The summed E-state index contributed by atoms with van der Waals surface area (Å²) in [5, 5.41) is 0. The van der Waals surface area contributed by atoms with Crippen LogP contribution >= 0.6 is 0 Å². The van der Waals surface area contributed by atoms with Crippen molar-refractivity contribution in [1.29, 1.82) is 0 Å². The Hall–Kier alpha value is 0.0949. The standard InChI is InChI=1S/C14H30BNO3S/c1-10(2)11(16-20(17)12(3,4)5)15-18-13(6,7)14(8,9)19-15/h10-11,16H,1-9H3/t11-,20+/m1/s1. The van der Waals surface area contributed by atoms with Crippen molar-refractivity contribution < 1.29 is 13.5 Å². The second kappa shape index (κ2) is 5.71. The summed E-state index contributed by atoms with van der Waals surface area (Å²) in [5.41, 5.74) is -0.731. The van der Waals surface area contributed by atoms with Crippen molar-refractivity contribution in [3.05, 3.63) is 0 Å². The number of nitrogens with one attached hydrogen (secondary N) is 1. The first kappa shape index (κ1) is 18.1. The average Bonchev–Trinajstić information content (AvgIpc) is 2.41. The zero-order valence-electron chi connectivity index (χ0n) is 14.4. The van der Waals surface area contributed by atoms with Crippen LogP contribution in [0.5, 0.6) is 0 Å². The minimum absolute atomic E-state index is 0.101. The Morgan fingerprint density at radius 2 is 1.45 bits per heavy atom. The summed E-state index contributed by atoms with van der Waals surface area (Å²) in [4.78, 5) is 0. The van der Waals surface area contributed by atoms with Gasteiger partial charge in [-0.25, -0.2) is 8.93 Å². The van der Waals surface area contributed by atoms with Gasteiger partial charge < -0.3 is 9.31 Å². The third kappa shape index (κ3) is 3.84. The maximum atomic E-state index is 12.3. The summed E-state index contributed by atoms with van der Waals surface area (Å²) in [6.07, 6.45) is 0. The zero-order chi connectivity index (χ0) is 15.9. The molecule has 0 amide bonds. The van der Waals surface area contributed by atoms with Gasteiger partial charge in [0.15, 0.2) is 0 Å². The maximum absolute atomic E-state index is 12.3. The van der Waals surface area contributed by atoms with Gasteiger partial charge in [0.05, 0.1) is 32.9 Å². The van der Waals surface area contributed by atoms with E-state index in [9.17, 15) is 4.21 Å². The molecule has 0 unspecified atom stereocenters. The van der Waals surface area contributed by atoms with Gasteiger partial charge in [0.2, 0.25) is 0 Å². The first-order chi connectivity index (χ1) is 8.78. The van der Waals surface area contributed by atoms with E-state index in [-0.39, 0.29) is 34.9 Å². The summed E-state index contributed by atoms with van der Waals surface area (Å²) in [6.45, 7) is 18.2. The first-order valence-electron chi connectivity index (χ1n) is 7.31. The van der Waals surface area contributed by atoms with Crippen LogP contribution in [0.15, 0.2) is 0 Å². The van der Waals surface area contributed by atoms with Crippen molar-refractivity contribution in [2.24, 2.45) is 5.92 Å². The highest BCUT2D eigenvalue weighted by Crippen LogP contribution is 2.38. The lowest BCUT2D eigenvalue weighted by Crippen LogP contribution is -2.52. The van der Waals surface area contributed by atoms with Crippen LogP contribution in [-0.2, 0) is 20.3 Å². The summed E-state index contributed by atoms with van der Waals surface area (Å²) in [7, 11) is -1.53. The largest absolute Gasteiger partial charge is 0.477 e. The number of hydrogen-bond donors (Lipinski definition) is 1. The van der Waals surface area contributed by atoms with Gasteiger partial charge in [-0.15, -0.1) is 0 Å². The molecule has 1 rings (SSSR count). The minimum atomic E-state index is -1.14. The third-order valence-electron chi connectivity index (χ3n) is 4.08. The summed E-state index contributed by atoms with van der Waals surface area (Å²) in [6, 6.07) is 0. The van der Waals surface area contributed by atoms with Crippen LogP contribution in [0.3, 0.4) is 0 Å². The molecular weight excluding hydrogens is 273 g/mol. The zero-order valence-corrected chi connectivity index (χ0v) is 15.2. The molecule has 1 fully saturated rings. The van der Waals surface area contributed by atoms with Crippen LogP contribution in [0.4, 0.5) is 0 Å². The molecule has 1 aliphatic rings. The van der Waals surface area contributed by atoms with Gasteiger partial charge in [0.1, 0.15) is 0 Å². The molecule has 1 N–H and O–H groups in total. The lowest BCUT2D eigenvalue weighted by Gasteiger charge is -2.32. The van der Waals surface area contributed by atoms with E-state index in [0.29, 0.717) is 0 Å². The van der Waals surface area contributed by atoms with Gasteiger partial charge in [-0.1, -0.05) is 13.8 Å². The molecule has 1 saturated heterocycles. The Morgan fingerprint density at radius 3 is 1.75 bits per heavy atom. The quantitative estimate of drug-likeness (QED) is 0.812. The maximum Gasteiger partial charge on any atom is 0.477 e. The van der Waals surface area contributed by atoms with Gasteiger partial charge >= 0.3 is 7.12 Å². The molecule has 0 aromatic heterocycles. The molecule has 118 valence electrons. The third-order valence-corrected chi connectivity index (χ3v) is 5.68. The van der Waals surface area contributed by atoms with Crippen molar-refractivity contribution in [2.45, 2.75) is 84.2 Å². The Balaban J connectivity index is 2.88. The second-order valence-corrected chi connectivity index (χ2v) is 9.89. The van der Waals surface area contributed by atoms with Crippen LogP contribution < -0.4 is 4.72 Å². The van der Waals surface area contributed by atoms with Crippen LogP contribution in [0.25, 0.3) is 0 Å². The molecule has 20 heavy (non-hydrogen) atoms. The molecule has 2 atom stereocenters. The fourth-order valence-corrected chi connectivity index (χ4v) is 2.83. The van der Waals surface area contributed by atoms with E-state index in [1.807, 2.05) is 48.5 Å².